The summed E-state index contributed by atoms with van der Waals surface area (Å²) in [6.07, 6.45) is 7.18. The van der Waals surface area contributed by atoms with Gasteiger partial charge in [0.05, 0.1) is 0 Å². The second-order valence-corrected chi connectivity index (χ2v) is 6.25. The molecule has 4 nitrogen and oxygen atoms in total. The average Bonchev–Trinajstić information content (AvgIpc) is 2.57. The number of nitrogens with zero attached hydrogens (tertiary/aromatic N) is 3. The van der Waals surface area contributed by atoms with E-state index >= 15 is 0 Å². The molecule has 23 heavy (non-hydrogen) atoms. The van der Waals surface area contributed by atoms with Crippen molar-refractivity contribution in [1.29, 1.82) is 0 Å². The third-order valence-electron chi connectivity index (χ3n) is 4.60. The molecule has 1 aromatic heterocycles. The zero-order valence-electron chi connectivity index (χ0n) is 13.4. The Hall–Kier alpha value is -2.17. The van der Waals surface area contributed by atoms with E-state index in [4.69, 9.17) is 0 Å². The normalized spacial score (nSPS) is 18.2. The molecule has 1 aromatic carbocycles. The molecule has 1 saturated heterocycles. The van der Waals surface area contributed by atoms with E-state index in [1.807, 2.05) is 12.1 Å². The van der Waals surface area contributed by atoms with Crippen molar-refractivity contribution in [3.8, 4) is 0 Å². The minimum atomic E-state index is -0.126. The summed E-state index contributed by atoms with van der Waals surface area (Å²) in [4.78, 5) is 18.6. The molecule has 0 amide bonds. The molecule has 1 atom stereocenters. The number of anilines is 1. The summed E-state index contributed by atoms with van der Waals surface area (Å²) in [5.74, 6) is 0.874. The molecule has 0 bridgehead atoms. The Bertz CT molecular complexity index is 728. The van der Waals surface area contributed by atoms with Crippen LogP contribution in [-0.4, -0.2) is 22.6 Å². The van der Waals surface area contributed by atoms with Crippen molar-refractivity contribution in [3.63, 3.8) is 0 Å². The van der Waals surface area contributed by atoms with Gasteiger partial charge in [0.15, 0.2) is 5.82 Å². The van der Waals surface area contributed by atoms with Crippen molar-refractivity contribution in [2.24, 2.45) is 13.0 Å². The second kappa shape index (κ2) is 6.94. The van der Waals surface area contributed by atoms with E-state index in [0.717, 1.165) is 44.3 Å². The maximum absolute atomic E-state index is 13.7. The van der Waals surface area contributed by atoms with Gasteiger partial charge in [0.1, 0.15) is 5.82 Å². The highest BCUT2D eigenvalue weighted by Gasteiger charge is 2.23. The van der Waals surface area contributed by atoms with Crippen molar-refractivity contribution >= 4 is 5.82 Å². The van der Waals surface area contributed by atoms with Crippen LogP contribution in [0.3, 0.4) is 0 Å². The van der Waals surface area contributed by atoms with Crippen molar-refractivity contribution in [1.82, 2.24) is 9.55 Å². The van der Waals surface area contributed by atoms with Gasteiger partial charge in [0.2, 0.25) is 0 Å². The first kappa shape index (κ1) is 15.7. The van der Waals surface area contributed by atoms with Gasteiger partial charge in [-0.1, -0.05) is 18.2 Å². The standard InChI is InChI=1S/C18H22FN3O/c1-21-12-10-20-17(18(21)23)22-11-4-5-14(13-22)8-9-15-6-2-3-7-16(15)19/h2-3,6-7,10,12,14H,4-5,8-9,11,13H2,1H3. The molecule has 0 radical (unpaired) electrons. The van der Waals surface area contributed by atoms with Crippen LogP contribution in [-0.2, 0) is 13.5 Å². The number of aromatic nitrogens is 2. The summed E-state index contributed by atoms with van der Waals surface area (Å²) >= 11 is 0. The molecule has 122 valence electrons. The molecule has 1 aliphatic rings. The van der Waals surface area contributed by atoms with Gasteiger partial charge in [0.25, 0.3) is 5.56 Å². The van der Waals surface area contributed by atoms with Crippen molar-refractivity contribution in [3.05, 3.63) is 58.4 Å². The van der Waals surface area contributed by atoms with E-state index in [1.54, 1.807) is 30.1 Å². The second-order valence-electron chi connectivity index (χ2n) is 6.25. The fourth-order valence-electron chi connectivity index (χ4n) is 3.26. The van der Waals surface area contributed by atoms with E-state index in [0.29, 0.717) is 11.7 Å². The van der Waals surface area contributed by atoms with Gasteiger partial charge in [-0.25, -0.2) is 9.37 Å². The molecular weight excluding hydrogens is 293 g/mol. The largest absolute Gasteiger partial charge is 0.352 e. The quantitative estimate of drug-likeness (QED) is 0.871. The predicted molar refractivity (Wildman–Crippen MR) is 89.1 cm³/mol. The Morgan fingerprint density at radius 3 is 3.00 bits per heavy atom. The highest BCUT2D eigenvalue weighted by Crippen LogP contribution is 2.24. The summed E-state index contributed by atoms with van der Waals surface area (Å²) in [6, 6.07) is 6.96. The van der Waals surface area contributed by atoms with Crippen molar-refractivity contribution in [2.45, 2.75) is 25.7 Å². The first-order chi connectivity index (χ1) is 11.1. The van der Waals surface area contributed by atoms with Gasteiger partial charge in [-0.2, -0.15) is 0 Å². The lowest BCUT2D eigenvalue weighted by Gasteiger charge is -2.33. The molecule has 2 aromatic rings. The van der Waals surface area contributed by atoms with Gasteiger partial charge < -0.3 is 9.47 Å². The van der Waals surface area contributed by atoms with E-state index in [-0.39, 0.29) is 11.4 Å². The van der Waals surface area contributed by atoms with Gasteiger partial charge >= 0.3 is 0 Å². The predicted octanol–water partition coefficient (Wildman–Crippen LogP) is 2.77. The number of hydrogen-bond donors (Lipinski definition) is 0. The molecule has 5 heteroatoms. The lowest BCUT2D eigenvalue weighted by molar-refractivity contribution is 0.387. The third-order valence-corrected chi connectivity index (χ3v) is 4.60. The lowest BCUT2D eigenvalue weighted by atomic mass is 9.91. The number of piperidine rings is 1. The van der Waals surface area contributed by atoms with Gasteiger partial charge in [0, 0.05) is 32.5 Å². The van der Waals surface area contributed by atoms with Gasteiger partial charge in [-0.05, 0) is 43.2 Å². The van der Waals surface area contributed by atoms with Crippen LogP contribution >= 0.6 is 0 Å². The maximum Gasteiger partial charge on any atom is 0.293 e. The van der Waals surface area contributed by atoms with Crippen LogP contribution in [0.15, 0.2) is 41.5 Å². The highest BCUT2D eigenvalue weighted by molar-refractivity contribution is 5.36. The topological polar surface area (TPSA) is 38.1 Å². The summed E-state index contributed by atoms with van der Waals surface area (Å²) in [6.45, 7) is 1.68. The Labute approximate surface area is 135 Å². The first-order valence-electron chi connectivity index (χ1n) is 8.15. The van der Waals surface area contributed by atoms with E-state index in [9.17, 15) is 9.18 Å². The molecule has 0 aliphatic carbocycles. The van der Waals surface area contributed by atoms with Crippen LogP contribution in [0.1, 0.15) is 24.8 Å². The molecule has 3 rings (SSSR count). The Morgan fingerprint density at radius 1 is 1.35 bits per heavy atom. The van der Waals surface area contributed by atoms with Crippen LogP contribution in [0.5, 0.6) is 0 Å². The van der Waals surface area contributed by atoms with Gasteiger partial charge in [-0.15, -0.1) is 0 Å². The molecule has 1 unspecified atom stereocenters. The van der Waals surface area contributed by atoms with E-state index in [2.05, 4.69) is 9.88 Å². The van der Waals surface area contributed by atoms with Gasteiger partial charge in [-0.3, -0.25) is 4.79 Å². The van der Waals surface area contributed by atoms with Crippen LogP contribution in [0.2, 0.25) is 0 Å². The van der Waals surface area contributed by atoms with Crippen LogP contribution in [0.4, 0.5) is 10.2 Å². The zero-order valence-corrected chi connectivity index (χ0v) is 13.4. The number of halogens is 1. The minimum absolute atomic E-state index is 0.0535. The van der Waals surface area contributed by atoms with Crippen molar-refractivity contribution in [2.75, 3.05) is 18.0 Å². The van der Waals surface area contributed by atoms with Crippen molar-refractivity contribution < 1.29 is 4.39 Å². The lowest BCUT2D eigenvalue weighted by Crippen LogP contribution is -2.40. The average molecular weight is 315 g/mol. The number of benzene rings is 1. The minimum Gasteiger partial charge on any atom is -0.352 e. The first-order valence-corrected chi connectivity index (χ1v) is 8.15. The Morgan fingerprint density at radius 2 is 2.17 bits per heavy atom. The molecule has 2 heterocycles. The van der Waals surface area contributed by atoms with E-state index < -0.39 is 0 Å². The summed E-state index contributed by atoms with van der Waals surface area (Å²) in [5.41, 5.74) is 0.723. The fourth-order valence-corrected chi connectivity index (χ4v) is 3.26. The van der Waals surface area contributed by atoms with Crippen LogP contribution in [0.25, 0.3) is 0 Å². The molecule has 0 saturated carbocycles. The molecule has 1 aliphatic heterocycles. The maximum atomic E-state index is 13.7. The highest BCUT2D eigenvalue weighted by atomic mass is 19.1. The smallest absolute Gasteiger partial charge is 0.293 e. The SMILES string of the molecule is Cn1ccnc(N2CCCC(CCc3ccccc3F)C2)c1=O. The molecular formula is C18H22FN3O. The molecule has 0 N–H and O–H groups in total. The molecule has 0 spiro atoms. The Balaban J connectivity index is 1.66. The van der Waals surface area contributed by atoms with E-state index in [1.165, 1.54) is 6.07 Å². The Kier molecular flexibility index (Phi) is 4.74. The summed E-state index contributed by atoms with van der Waals surface area (Å²) in [7, 11) is 1.74. The fraction of sp³-hybridized carbons (Fsp3) is 0.444. The zero-order chi connectivity index (χ0) is 16.2. The summed E-state index contributed by atoms with van der Waals surface area (Å²) < 4.78 is 15.3. The monoisotopic (exact) mass is 315 g/mol. The number of aryl methyl sites for hydroxylation is 2. The van der Waals surface area contributed by atoms with Crippen LogP contribution in [0, 0.1) is 11.7 Å². The number of hydrogen-bond acceptors (Lipinski definition) is 3. The van der Waals surface area contributed by atoms with Crippen LogP contribution < -0.4 is 10.5 Å². The third kappa shape index (κ3) is 3.60. The number of rotatable bonds is 4. The summed E-state index contributed by atoms with van der Waals surface area (Å²) in [5, 5.41) is 0. The molecule has 1 fully saturated rings.